The van der Waals surface area contributed by atoms with Gasteiger partial charge in [0.25, 0.3) is 0 Å². The summed E-state index contributed by atoms with van der Waals surface area (Å²) >= 11 is 0. The molecule has 0 spiro atoms. The molecule has 0 aromatic heterocycles. The van der Waals surface area contributed by atoms with Crippen molar-refractivity contribution in [2.24, 2.45) is 0 Å². The van der Waals surface area contributed by atoms with Gasteiger partial charge in [-0.1, -0.05) is 0 Å². The van der Waals surface area contributed by atoms with Gasteiger partial charge < -0.3 is 5.32 Å². The number of hydrogen-bond donors (Lipinski definition) is 1. The Morgan fingerprint density at radius 2 is 1.65 bits per heavy atom. The van der Waals surface area contributed by atoms with Crippen molar-refractivity contribution in [3.05, 3.63) is 29.8 Å². The number of halogens is 3. The van der Waals surface area contributed by atoms with Gasteiger partial charge in [-0.2, -0.15) is 23.7 Å². The molecule has 0 heterocycles. The van der Waals surface area contributed by atoms with Crippen LogP contribution in [0.5, 0.6) is 0 Å². The number of benzene rings is 1. The molecule has 0 fully saturated rings. The molecular weight excluding hydrogens is 231 g/mol. The van der Waals surface area contributed by atoms with E-state index in [9.17, 15) is 13.2 Å². The Balaban J connectivity index is 2.98. The molecule has 17 heavy (non-hydrogen) atoms. The van der Waals surface area contributed by atoms with Crippen LogP contribution in [0.15, 0.2) is 24.3 Å². The van der Waals surface area contributed by atoms with Crippen molar-refractivity contribution in [1.82, 2.24) is 0 Å². The van der Waals surface area contributed by atoms with Gasteiger partial charge in [0, 0.05) is 5.69 Å². The van der Waals surface area contributed by atoms with E-state index >= 15 is 0 Å². The summed E-state index contributed by atoms with van der Waals surface area (Å²) in [5.41, 5.74) is -2.19. The number of nitrogens with zero attached hydrogens (tertiary/aromatic N) is 2. The van der Waals surface area contributed by atoms with Crippen LogP contribution >= 0.6 is 0 Å². The maximum absolute atomic E-state index is 12.6. The molecular formula is C11H8F3N3. The summed E-state index contributed by atoms with van der Waals surface area (Å²) in [7, 11) is 0. The van der Waals surface area contributed by atoms with E-state index in [4.69, 9.17) is 10.5 Å². The molecule has 6 heteroatoms. The largest absolute Gasteiger partial charge is 0.424 e. The van der Waals surface area contributed by atoms with Crippen molar-refractivity contribution in [2.75, 3.05) is 5.32 Å². The molecule has 0 aliphatic rings. The Morgan fingerprint density at radius 3 is 2.00 bits per heavy atom. The van der Waals surface area contributed by atoms with E-state index in [2.05, 4.69) is 5.32 Å². The van der Waals surface area contributed by atoms with Gasteiger partial charge in [0.05, 0.1) is 11.6 Å². The summed E-state index contributed by atoms with van der Waals surface area (Å²) in [5, 5.41) is 19.2. The summed E-state index contributed by atoms with van der Waals surface area (Å²) in [6, 6.07) is 8.42. The van der Waals surface area contributed by atoms with E-state index in [0.717, 1.165) is 6.92 Å². The molecule has 0 amide bonds. The van der Waals surface area contributed by atoms with Crippen molar-refractivity contribution in [3.63, 3.8) is 0 Å². The molecule has 1 unspecified atom stereocenters. The number of hydrogen-bond acceptors (Lipinski definition) is 3. The second kappa shape index (κ2) is 4.34. The number of nitrogens with one attached hydrogen (secondary N) is 1. The molecule has 0 saturated heterocycles. The highest BCUT2D eigenvalue weighted by molar-refractivity contribution is 5.51. The molecule has 3 nitrogen and oxygen atoms in total. The average molecular weight is 239 g/mol. The molecule has 0 saturated carbocycles. The van der Waals surface area contributed by atoms with E-state index in [0.29, 0.717) is 5.56 Å². The lowest BCUT2D eigenvalue weighted by Crippen LogP contribution is -2.47. The third kappa shape index (κ3) is 2.67. The van der Waals surface area contributed by atoms with E-state index in [1.165, 1.54) is 30.3 Å². The lowest BCUT2D eigenvalue weighted by atomic mass is 10.0. The Labute approximate surface area is 96.1 Å². The van der Waals surface area contributed by atoms with Crippen LogP contribution in [0.2, 0.25) is 0 Å². The molecule has 1 aromatic carbocycles. The zero-order chi connectivity index (χ0) is 13.1. The minimum Gasteiger partial charge on any atom is -0.360 e. The van der Waals surface area contributed by atoms with E-state index in [1.807, 2.05) is 6.07 Å². The zero-order valence-electron chi connectivity index (χ0n) is 8.84. The lowest BCUT2D eigenvalue weighted by molar-refractivity contribution is -0.158. The van der Waals surface area contributed by atoms with Gasteiger partial charge in [0.2, 0.25) is 5.54 Å². The number of anilines is 1. The molecule has 1 rings (SSSR count). The molecule has 0 aliphatic carbocycles. The average Bonchev–Trinajstić information content (AvgIpc) is 2.28. The van der Waals surface area contributed by atoms with E-state index in [1.54, 1.807) is 0 Å². The number of alkyl halides is 3. The van der Waals surface area contributed by atoms with Crippen LogP contribution in [0.25, 0.3) is 0 Å². The van der Waals surface area contributed by atoms with E-state index < -0.39 is 11.7 Å². The van der Waals surface area contributed by atoms with Crippen LogP contribution in [-0.2, 0) is 0 Å². The lowest BCUT2D eigenvalue weighted by Gasteiger charge is -2.26. The summed E-state index contributed by atoms with van der Waals surface area (Å²) in [5.74, 6) is 0. The smallest absolute Gasteiger partial charge is 0.360 e. The van der Waals surface area contributed by atoms with Crippen molar-refractivity contribution >= 4 is 5.69 Å². The standard InChI is InChI=1S/C11H8F3N3/c1-10(7-16,11(12,13)14)17-9-4-2-8(6-15)3-5-9/h2-5,17H,1H3. The minimum absolute atomic E-state index is 0.130. The molecule has 0 radical (unpaired) electrons. The quantitative estimate of drug-likeness (QED) is 0.863. The second-order valence-electron chi connectivity index (χ2n) is 3.55. The van der Waals surface area contributed by atoms with Crippen molar-refractivity contribution in [3.8, 4) is 12.1 Å². The van der Waals surface area contributed by atoms with Crippen LogP contribution in [0.3, 0.4) is 0 Å². The van der Waals surface area contributed by atoms with Crippen molar-refractivity contribution < 1.29 is 13.2 Å². The van der Waals surface area contributed by atoms with E-state index in [-0.39, 0.29) is 5.69 Å². The third-order valence-electron chi connectivity index (χ3n) is 2.20. The molecule has 88 valence electrons. The highest BCUT2D eigenvalue weighted by Crippen LogP contribution is 2.32. The number of nitriles is 2. The monoisotopic (exact) mass is 239 g/mol. The first kappa shape index (κ1) is 12.9. The second-order valence-corrected chi connectivity index (χ2v) is 3.55. The maximum atomic E-state index is 12.6. The summed E-state index contributed by atoms with van der Waals surface area (Å²) < 4.78 is 37.8. The third-order valence-corrected chi connectivity index (χ3v) is 2.20. The summed E-state index contributed by atoms with van der Waals surface area (Å²) in [6.45, 7) is 0.755. The molecule has 0 bridgehead atoms. The summed E-state index contributed by atoms with van der Waals surface area (Å²) in [6.07, 6.45) is -4.68. The normalized spacial score (nSPS) is 14.2. The van der Waals surface area contributed by atoms with Gasteiger partial charge in [-0.15, -0.1) is 0 Å². The van der Waals surface area contributed by atoms with Gasteiger partial charge in [0.15, 0.2) is 0 Å². The van der Waals surface area contributed by atoms with Crippen LogP contribution in [0.4, 0.5) is 18.9 Å². The molecule has 0 aliphatic heterocycles. The molecule has 1 aromatic rings. The Hall–Kier alpha value is -2.21. The fourth-order valence-corrected chi connectivity index (χ4v) is 1.08. The number of rotatable bonds is 2. The van der Waals surface area contributed by atoms with Gasteiger partial charge in [-0.05, 0) is 31.2 Å². The first-order valence-electron chi connectivity index (χ1n) is 4.59. The summed E-state index contributed by atoms with van der Waals surface area (Å²) in [4.78, 5) is 0. The Bertz CT molecular complexity index is 479. The maximum Gasteiger partial charge on any atom is 0.424 e. The van der Waals surface area contributed by atoms with Crippen LogP contribution in [0, 0.1) is 22.7 Å². The highest BCUT2D eigenvalue weighted by Gasteiger charge is 2.52. The zero-order valence-corrected chi connectivity index (χ0v) is 8.84. The first-order chi connectivity index (χ1) is 7.82. The first-order valence-corrected chi connectivity index (χ1v) is 4.59. The predicted molar refractivity (Wildman–Crippen MR) is 54.9 cm³/mol. The van der Waals surface area contributed by atoms with Crippen molar-refractivity contribution in [2.45, 2.75) is 18.6 Å². The fourth-order valence-electron chi connectivity index (χ4n) is 1.08. The molecule has 1 N–H and O–H groups in total. The van der Waals surface area contributed by atoms with Crippen molar-refractivity contribution in [1.29, 1.82) is 10.5 Å². The van der Waals surface area contributed by atoms with Gasteiger partial charge in [-0.3, -0.25) is 0 Å². The molecule has 1 atom stereocenters. The Morgan fingerprint density at radius 1 is 1.12 bits per heavy atom. The SMILES string of the molecule is CC(C#N)(Nc1ccc(C#N)cc1)C(F)(F)F. The van der Waals surface area contributed by atoms with Crippen LogP contribution < -0.4 is 5.32 Å². The Kier molecular flexibility index (Phi) is 3.28. The van der Waals surface area contributed by atoms with Gasteiger partial charge in [0.1, 0.15) is 6.07 Å². The van der Waals surface area contributed by atoms with Gasteiger partial charge >= 0.3 is 6.18 Å². The van der Waals surface area contributed by atoms with Crippen LogP contribution in [0.1, 0.15) is 12.5 Å². The van der Waals surface area contributed by atoms with Gasteiger partial charge in [-0.25, -0.2) is 0 Å². The fraction of sp³-hybridized carbons (Fsp3) is 0.273. The topological polar surface area (TPSA) is 59.6 Å². The minimum atomic E-state index is -4.68. The van der Waals surface area contributed by atoms with Crippen LogP contribution in [-0.4, -0.2) is 11.7 Å². The predicted octanol–water partition coefficient (Wildman–Crippen LogP) is 2.81. The highest BCUT2D eigenvalue weighted by atomic mass is 19.4.